The number of aryl methyl sites for hydroxylation is 1. The van der Waals surface area contributed by atoms with E-state index in [-0.39, 0.29) is 50.0 Å². The van der Waals surface area contributed by atoms with E-state index in [0.29, 0.717) is 67.0 Å². The molecule has 19 heteroatoms. The summed E-state index contributed by atoms with van der Waals surface area (Å²) in [5.41, 5.74) is 7.58. The second-order valence-corrected chi connectivity index (χ2v) is 21.3. The number of Topliss-reactive ketones (excluding diaryl/α,β-unsaturated/α-hetero) is 1. The number of alkyl carbamates (subject to hydrolysis) is 1. The monoisotopic (exact) mass is 1040 g/mol. The molecule has 4 aromatic rings. The van der Waals surface area contributed by atoms with Crippen molar-refractivity contribution in [2.45, 2.75) is 109 Å². The first-order valence-corrected chi connectivity index (χ1v) is 26.5. The van der Waals surface area contributed by atoms with Crippen molar-refractivity contribution < 1.29 is 61.2 Å². The number of carbonyl (C=O) groups excluding carboxylic acids is 5. The van der Waals surface area contributed by atoms with Gasteiger partial charge in [0, 0.05) is 30.7 Å². The number of nitrogens with two attached hydrogens (primary N) is 1. The van der Waals surface area contributed by atoms with Crippen molar-refractivity contribution in [3.63, 3.8) is 0 Å². The van der Waals surface area contributed by atoms with Crippen LogP contribution in [0.1, 0.15) is 89.5 Å². The minimum Gasteiger partial charge on any atom is -0.493 e. The van der Waals surface area contributed by atoms with Crippen molar-refractivity contribution in [3.8, 4) is 17.2 Å². The Kier molecular flexibility index (Phi) is 21.7. The molecule has 0 radical (unpaired) electrons. The van der Waals surface area contributed by atoms with Crippen molar-refractivity contribution in [3.05, 3.63) is 114 Å². The van der Waals surface area contributed by atoms with E-state index in [9.17, 15) is 37.5 Å². The molecule has 5 N–H and O–H groups in total. The van der Waals surface area contributed by atoms with E-state index in [1.165, 1.54) is 33.5 Å². The molecular formula is C55H73N5O13S. The maximum Gasteiger partial charge on any atom is 0.407 e. The molecule has 1 heterocycles. The molecule has 4 aromatic carbocycles. The SMILES string of the molecule is CCC(C)(C)C(=O)C(=O)N1CCCC[C@H]1C(=O)O[C@H](CCc1ccc(OC)c(OC)c1)c1cccc(OCCNC(=O)COC(=O)N[C@@H](Cc2ccccc2)[C@H](O)CN(CC(C)C)S(=O)(=O)c2ccc(N)cc2)c1. The average Bonchev–Trinajstić information content (AvgIpc) is 3.39. The zero-order valence-corrected chi connectivity index (χ0v) is 44.4. The van der Waals surface area contributed by atoms with Crippen LogP contribution < -0.4 is 30.6 Å². The third-order valence-electron chi connectivity index (χ3n) is 12.9. The quantitative estimate of drug-likeness (QED) is 0.0218. The summed E-state index contributed by atoms with van der Waals surface area (Å²) in [4.78, 5) is 68.4. The molecule has 402 valence electrons. The molecule has 0 saturated carbocycles. The maximum absolute atomic E-state index is 14.1. The first-order valence-electron chi connectivity index (χ1n) is 25.0. The molecule has 4 atom stereocenters. The second kappa shape index (κ2) is 27.5. The molecule has 1 aliphatic rings. The van der Waals surface area contributed by atoms with Crippen LogP contribution in [0.2, 0.25) is 0 Å². The van der Waals surface area contributed by atoms with Crippen LogP contribution in [-0.2, 0) is 51.5 Å². The van der Waals surface area contributed by atoms with Crippen LogP contribution >= 0.6 is 0 Å². The number of nitrogens with zero attached hydrogens (tertiary/aromatic N) is 2. The van der Waals surface area contributed by atoms with Crippen molar-refractivity contribution in [2.75, 3.05) is 59.3 Å². The minimum absolute atomic E-state index is 0.00626. The fourth-order valence-electron chi connectivity index (χ4n) is 8.34. The Morgan fingerprint density at radius 3 is 2.27 bits per heavy atom. The molecule has 0 aliphatic carbocycles. The van der Waals surface area contributed by atoms with Gasteiger partial charge in [-0.25, -0.2) is 18.0 Å². The predicted molar refractivity (Wildman–Crippen MR) is 279 cm³/mol. The Hall–Kier alpha value is -6.70. The smallest absolute Gasteiger partial charge is 0.407 e. The van der Waals surface area contributed by atoms with Crippen molar-refractivity contribution >= 4 is 45.4 Å². The highest BCUT2D eigenvalue weighted by Crippen LogP contribution is 2.33. The number of hydrogen-bond donors (Lipinski definition) is 4. The molecule has 3 amide bonds. The highest BCUT2D eigenvalue weighted by atomic mass is 32.2. The number of likely N-dealkylation sites (tertiary alicyclic amines) is 1. The number of ketones is 1. The van der Waals surface area contributed by atoms with Gasteiger partial charge < -0.3 is 50.1 Å². The Balaban J connectivity index is 1.20. The number of nitrogen functional groups attached to an aromatic ring is 1. The van der Waals surface area contributed by atoms with E-state index >= 15 is 0 Å². The first-order chi connectivity index (χ1) is 35.3. The van der Waals surface area contributed by atoms with E-state index in [4.69, 9.17) is 29.4 Å². The average molecular weight is 1040 g/mol. The molecule has 0 spiro atoms. The van der Waals surface area contributed by atoms with Gasteiger partial charge in [0.2, 0.25) is 15.8 Å². The van der Waals surface area contributed by atoms with Gasteiger partial charge in [-0.1, -0.05) is 83.1 Å². The van der Waals surface area contributed by atoms with Crippen LogP contribution in [0.4, 0.5) is 10.5 Å². The van der Waals surface area contributed by atoms with E-state index in [2.05, 4.69) is 10.6 Å². The molecule has 18 nitrogen and oxygen atoms in total. The van der Waals surface area contributed by atoms with Crippen LogP contribution in [0, 0.1) is 11.3 Å². The summed E-state index contributed by atoms with van der Waals surface area (Å²) >= 11 is 0. The van der Waals surface area contributed by atoms with Crippen LogP contribution in [0.15, 0.2) is 102 Å². The van der Waals surface area contributed by atoms with Gasteiger partial charge >= 0.3 is 12.1 Å². The number of ether oxygens (including phenoxy) is 5. The number of anilines is 1. The maximum atomic E-state index is 14.1. The largest absolute Gasteiger partial charge is 0.493 e. The number of rotatable bonds is 27. The van der Waals surface area contributed by atoms with Gasteiger partial charge in [0.05, 0.1) is 37.8 Å². The summed E-state index contributed by atoms with van der Waals surface area (Å²) in [6, 6.07) is 25.4. The van der Waals surface area contributed by atoms with Crippen LogP contribution in [-0.4, -0.2) is 124 Å². The highest BCUT2D eigenvalue weighted by Gasteiger charge is 2.41. The van der Waals surface area contributed by atoms with Crippen LogP contribution in [0.5, 0.6) is 17.2 Å². The highest BCUT2D eigenvalue weighted by molar-refractivity contribution is 7.89. The summed E-state index contributed by atoms with van der Waals surface area (Å²) in [6.45, 7) is 8.36. The number of methoxy groups -OCH3 is 2. The number of esters is 1. The summed E-state index contributed by atoms with van der Waals surface area (Å²) in [5, 5.41) is 16.8. The standard InChI is InChI=1S/C55H73N5O13S/c1-8-55(4,5)51(63)52(64)60-29-13-12-19-45(60)53(65)73-47(26-20-39-21-27-48(69-6)49(32-39)70-7)40-17-14-18-42(33-40)71-30-28-57-50(62)36-72-54(66)58-44(31-38-15-10-9-11-16-38)46(61)35-59(34-37(2)3)74(67,68)43-24-22-41(56)23-25-43/h9-11,14-18,21-25,27,32-33,37,44-47,61H,8,12-13,19-20,26,28-31,34-36,56H2,1-7H3,(H,57,62)(H,58,66)/t44-,45-,46+,47+/m0/s1. The Bertz CT molecular complexity index is 2610. The van der Waals surface area contributed by atoms with Gasteiger partial charge in [0.1, 0.15) is 24.5 Å². The Morgan fingerprint density at radius 2 is 1.59 bits per heavy atom. The summed E-state index contributed by atoms with van der Waals surface area (Å²) < 4.78 is 57.1. The van der Waals surface area contributed by atoms with E-state index in [1.54, 1.807) is 82.7 Å². The fraction of sp³-hybridized carbons (Fsp3) is 0.473. The van der Waals surface area contributed by atoms with Gasteiger partial charge in [0.25, 0.3) is 11.8 Å². The van der Waals surface area contributed by atoms with Gasteiger partial charge in [-0.3, -0.25) is 14.4 Å². The van der Waals surface area contributed by atoms with Crippen molar-refractivity contribution in [1.82, 2.24) is 19.8 Å². The van der Waals surface area contributed by atoms with Gasteiger partial charge in [-0.05, 0) is 116 Å². The topological polar surface area (TPSA) is 242 Å². The van der Waals surface area contributed by atoms with E-state index < -0.39 is 76.0 Å². The number of aliphatic hydroxyl groups is 1. The molecule has 1 fully saturated rings. The number of amides is 3. The normalized spacial score (nSPS) is 15.1. The number of nitrogens with one attached hydrogen (secondary N) is 2. The third-order valence-corrected chi connectivity index (χ3v) is 14.8. The second-order valence-electron chi connectivity index (χ2n) is 19.4. The lowest BCUT2D eigenvalue weighted by molar-refractivity contribution is -0.164. The Morgan fingerprint density at radius 1 is 0.878 bits per heavy atom. The van der Waals surface area contributed by atoms with Gasteiger partial charge in [-0.15, -0.1) is 0 Å². The zero-order chi connectivity index (χ0) is 54.0. The predicted octanol–water partition coefficient (Wildman–Crippen LogP) is 6.43. The molecule has 5 rings (SSSR count). The number of sulfonamides is 1. The zero-order valence-electron chi connectivity index (χ0n) is 43.5. The Labute approximate surface area is 435 Å². The fourth-order valence-corrected chi connectivity index (χ4v) is 9.96. The summed E-state index contributed by atoms with van der Waals surface area (Å²) in [7, 11) is -0.972. The van der Waals surface area contributed by atoms with Gasteiger partial charge in [-0.2, -0.15) is 4.31 Å². The molecular weight excluding hydrogens is 971 g/mol. The van der Waals surface area contributed by atoms with E-state index in [0.717, 1.165) is 11.1 Å². The molecule has 0 bridgehead atoms. The lowest BCUT2D eigenvalue weighted by Gasteiger charge is -2.36. The number of piperidine rings is 1. The molecule has 74 heavy (non-hydrogen) atoms. The lowest BCUT2D eigenvalue weighted by atomic mass is 9.84. The molecule has 0 unspecified atom stereocenters. The molecule has 0 aromatic heterocycles. The van der Waals surface area contributed by atoms with Crippen molar-refractivity contribution in [2.24, 2.45) is 11.3 Å². The van der Waals surface area contributed by atoms with Crippen LogP contribution in [0.25, 0.3) is 0 Å². The van der Waals surface area contributed by atoms with Gasteiger partial charge in [0.15, 0.2) is 18.1 Å². The lowest BCUT2D eigenvalue weighted by Crippen LogP contribution is -2.53. The summed E-state index contributed by atoms with van der Waals surface area (Å²) in [5.74, 6) is -1.05. The summed E-state index contributed by atoms with van der Waals surface area (Å²) in [6.07, 6.45) is -0.0870. The minimum atomic E-state index is -4.07. The number of benzene rings is 4. The molecule has 1 saturated heterocycles. The van der Waals surface area contributed by atoms with E-state index in [1.807, 2.05) is 39.0 Å². The first kappa shape index (κ1) is 58.2. The number of aliphatic hydroxyl groups excluding tert-OH is 1. The molecule has 1 aliphatic heterocycles. The van der Waals surface area contributed by atoms with Crippen LogP contribution in [0.3, 0.4) is 0 Å². The number of carbonyl (C=O) groups is 5. The third kappa shape index (κ3) is 16.7. The van der Waals surface area contributed by atoms with Crippen molar-refractivity contribution in [1.29, 1.82) is 0 Å². The number of hydrogen-bond acceptors (Lipinski definition) is 14.